The molecule has 1 aliphatic rings. The highest BCUT2D eigenvalue weighted by atomic mass is 32.2. The SMILES string of the molecule is CCCS(=O)(=O)Nc1cccc2c(Oc3nnccc3-c3ccnc(N[C@H]4CCCN(C(=O)OC(C)(C)C)C4)n3)c(C)ccc12. The predicted molar refractivity (Wildman–Crippen MR) is 174 cm³/mol. The van der Waals surface area contributed by atoms with Gasteiger partial charge in [-0.2, -0.15) is 5.10 Å². The molecule has 0 radical (unpaired) electrons. The number of hydrogen-bond acceptors (Lipinski definition) is 10. The molecule has 1 atom stereocenters. The Morgan fingerprint density at radius 3 is 2.69 bits per heavy atom. The van der Waals surface area contributed by atoms with Gasteiger partial charge in [0.25, 0.3) is 0 Å². The largest absolute Gasteiger partial charge is 0.444 e. The molecule has 5 rings (SSSR count). The molecule has 2 aromatic heterocycles. The van der Waals surface area contributed by atoms with Crippen molar-refractivity contribution < 1.29 is 22.7 Å². The van der Waals surface area contributed by atoms with E-state index in [9.17, 15) is 13.2 Å². The smallest absolute Gasteiger partial charge is 0.410 e. The number of nitrogens with zero attached hydrogens (tertiary/aromatic N) is 5. The number of piperidine rings is 1. The van der Waals surface area contributed by atoms with Crippen molar-refractivity contribution in [1.82, 2.24) is 25.1 Å². The molecule has 2 N–H and O–H groups in total. The Morgan fingerprint density at radius 2 is 1.91 bits per heavy atom. The number of ether oxygens (including phenoxy) is 2. The average Bonchev–Trinajstić information content (AvgIpc) is 2.98. The van der Waals surface area contributed by atoms with Crippen LogP contribution in [-0.4, -0.2) is 70.1 Å². The number of sulfonamides is 1. The maximum atomic E-state index is 12.6. The highest BCUT2D eigenvalue weighted by Gasteiger charge is 2.28. The Morgan fingerprint density at radius 1 is 1.09 bits per heavy atom. The van der Waals surface area contributed by atoms with E-state index in [0.29, 0.717) is 53.5 Å². The molecule has 4 aromatic rings. The summed E-state index contributed by atoms with van der Waals surface area (Å²) in [7, 11) is -3.49. The molecule has 0 aliphatic carbocycles. The molecule has 0 saturated carbocycles. The second-order valence-electron chi connectivity index (χ2n) is 12.1. The summed E-state index contributed by atoms with van der Waals surface area (Å²) >= 11 is 0. The third-order valence-electron chi connectivity index (χ3n) is 7.17. The van der Waals surface area contributed by atoms with E-state index in [2.05, 4.69) is 25.2 Å². The minimum absolute atomic E-state index is 0.0279. The standard InChI is InChI=1S/C32H39N7O5S/c1-6-19-45(41,42)38-27-11-7-10-24-23(27)13-12-21(2)28(24)43-29-25(14-17-34-37-29)26-15-16-33-30(36-26)35-22-9-8-18-39(20-22)31(40)44-32(3,4)5/h7,10-17,22,38H,6,8-9,18-20H2,1-5H3,(H,33,35,36)/t22-/m0/s1. The van der Waals surface area contributed by atoms with Crippen LogP contribution in [0.5, 0.6) is 11.6 Å². The number of aryl methyl sites for hydroxylation is 1. The van der Waals surface area contributed by atoms with Gasteiger partial charge in [-0.3, -0.25) is 4.72 Å². The zero-order chi connectivity index (χ0) is 32.2. The number of hydrogen-bond donors (Lipinski definition) is 2. The van der Waals surface area contributed by atoms with E-state index >= 15 is 0 Å². The third kappa shape index (κ3) is 7.96. The molecule has 0 spiro atoms. The second-order valence-corrected chi connectivity index (χ2v) is 13.9. The molecular weight excluding hydrogens is 594 g/mol. The summed E-state index contributed by atoms with van der Waals surface area (Å²) in [5, 5.41) is 13.1. The summed E-state index contributed by atoms with van der Waals surface area (Å²) < 4.78 is 39.8. The van der Waals surface area contributed by atoms with Crippen LogP contribution in [0.2, 0.25) is 0 Å². The van der Waals surface area contributed by atoms with Crippen LogP contribution in [0.4, 0.5) is 16.4 Å². The van der Waals surface area contributed by atoms with E-state index in [1.54, 1.807) is 41.6 Å². The fourth-order valence-electron chi connectivity index (χ4n) is 5.18. The molecule has 238 valence electrons. The topological polar surface area (TPSA) is 149 Å². The molecule has 13 heteroatoms. The highest BCUT2D eigenvalue weighted by Crippen LogP contribution is 2.38. The lowest BCUT2D eigenvalue weighted by Crippen LogP contribution is -2.47. The van der Waals surface area contributed by atoms with Crippen LogP contribution in [0.3, 0.4) is 0 Å². The minimum Gasteiger partial charge on any atom is -0.444 e. The van der Waals surface area contributed by atoms with Crippen molar-refractivity contribution in [2.24, 2.45) is 0 Å². The van der Waals surface area contributed by atoms with Gasteiger partial charge in [-0.05, 0) is 70.7 Å². The number of aromatic nitrogens is 4. The van der Waals surface area contributed by atoms with Crippen LogP contribution in [0, 0.1) is 6.92 Å². The summed E-state index contributed by atoms with van der Waals surface area (Å²) in [6.45, 7) is 10.4. The lowest BCUT2D eigenvalue weighted by molar-refractivity contribution is 0.0206. The first-order chi connectivity index (χ1) is 21.4. The number of anilines is 2. The van der Waals surface area contributed by atoms with Crippen LogP contribution in [0.15, 0.2) is 54.9 Å². The first-order valence-electron chi connectivity index (χ1n) is 15.0. The predicted octanol–water partition coefficient (Wildman–Crippen LogP) is 6.15. The van der Waals surface area contributed by atoms with Gasteiger partial charge in [0.1, 0.15) is 11.4 Å². The van der Waals surface area contributed by atoms with Crippen molar-refractivity contribution in [2.45, 2.75) is 65.5 Å². The Labute approximate surface area is 263 Å². The Hall–Kier alpha value is -4.52. The number of carbonyl (C=O) groups is 1. The zero-order valence-corrected chi connectivity index (χ0v) is 27.0. The van der Waals surface area contributed by atoms with E-state index < -0.39 is 15.6 Å². The molecule has 45 heavy (non-hydrogen) atoms. The van der Waals surface area contributed by atoms with E-state index in [1.165, 1.54) is 0 Å². The van der Waals surface area contributed by atoms with Crippen LogP contribution in [0.1, 0.15) is 52.5 Å². The van der Waals surface area contributed by atoms with Gasteiger partial charge in [-0.25, -0.2) is 23.2 Å². The molecule has 1 saturated heterocycles. The van der Waals surface area contributed by atoms with Gasteiger partial charge >= 0.3 is 6.09 Å². The highest BCUT2D eigenvalue weighted by molar-refractivity contribution is 7.92. The summed E-state index contributed by atoms with van der Waals surface area (Å²) in [4.78, 5) is 23.5. The van der Waals surface area contributed by atoms with Gasteiger partial charge in [0.2, 0.25) is 21.9 Å². The van der Waals surface area contributed by atoms with Gasteiger partial charge < -0.3 is 19.7 Å². The lowest BCUT2D eigenvalue weighted by Gasteiger charge is -2.34. The summed E-state index contributed by atoms with van der Waals surface area (Å²) in [5.41, 5.74) is 1.93. The van der Waals surface area contributed by atoms with Gasteiger partial charge in [-0.15, -0.1) is 5.10 Å². The van der Waals surface area contributed by atoms with Crippen molar-refractivity contribution in [3.8, 4) is 22.9 Å². The Balaban J connectivity index is 1.39. The average molecular weight is 634 g/mol. The molecule has 1 aliphatic heterocycles. The Kier molecular flexibility index (Phi) is 9.37. The molecule has 3 heterocycles. The normalized spacial score (nSPS) is 15.5. The molecule has 1 amide bonds. The number of amides is 1. The maximum absolute atomic E-state index is 12.6. The van der Waals surface area contributed by atoms with E-state index in [0.717, 1.165) is 23.8 Å². The summed E-state index contributed by atoms with van der Waals surface area (Å²) in [6.07, 6.45) is 5.08. The molecule has 0 bridgehead atoms. The number of benzene rings is 2. The van der Waals surface area contributed by atoms with Crippen LogP contribution in [0.25, 0.3) is 22.0 Å². The maximum Gasteiger partial charge on any atom is 0.410 e. The van der Waals surface area contributed by atoms with E-state index in [1.807, 2.05) is 52.8 Å². The van der Waals surface area contributed by atoms with Crippen LogP contribution >= 0.6 is 0 Å². The summed E-state index contributed by atoms with van der Waals surface area (Å²) in [6, 6.07) is 12.6. The van der Waals surface area contributed by atoms with Crippen molar-refractivity contribution in [2.75, 3.05) is 28.9 Å². The fourth-order valence-corrected chi connectivity index (χ4v) is 6.34. The number of likely N-dealkylation sites (tertiary alicyclic amines) is 1. The molecular formula is C32H39N7O5S. The van der Waals surface area contributed by atoms with Gasteiger partial charge in [-0.1, -0.05) is 31.2 Å². The van der Waals surface area contributed by atoms with E-state index in [-0.39, 0.29) is 23.8 Å². The van der Waals surface area contributed by atoms with Crippen molar-refractivity contribution in [3.63, 3.8) is 0 Å². The van der Waals surface area contributed by atoms with Crippen LogP contribution < -0.4 is 14.8 Å². The monoisotopic (exact) mass is 633 g/mol. The number of fused-ring (bicyclic) bond motifs is 1. The third-order valence-corrected chi connectivity index (χ3v) is 8.65. The van der Waals surface area contributed by atoms with Crippen LogP contribution in [-0.2, 0) is 14.8 Å². The first kappa shape index (κ1) is 31.9. The first-order valence-corrected chi connectivity index (χ1v) is 16.7. The molecule has 12 nitrogen and oxygen atoms in total. The number of carbonyl (C=O) groups excluding carboxylic acids is 1. The summed E-state index contributed by atoms with van der Waals surface area (Å²) in [5.74, 6) is 1.21. The number of nitrogens with one attached hydrogen (secondary N) is 2. The second kappa shape index (κ2) is 13.2. The van der Waals surface area contributed by atoms with Gasteiger partial charge in [0, 0.05) is 36.1 Å². The number of rotatable bonds is 9. The van der Waals surface area contributed by atoms with Crippen molar-refractivity contribution in [1.29, 1.82) is 0 Å². The lowest BCUT2D eigenvalue weighted by atomic mass is 10.0. The molecule has 1 fully saturated rings. The zero-order valence-electron chi connectivity index (χ0n) is 26.2. The molecule has 0 unspecified atom stereocenters. The van der Waals surface area contributed by atoms with E-state index in [4.69, 9.17) is 14.5 Å². The van der Waals surface area contributed by atoms with Gasteiger partial charge in [0.05, 0.1) is 28.9 Å². The quantitative estimate of drug-likeness (QED) is 0.220. The van der Waals surface area contributed by atoms with Crippen molar-refractivity contribution >= 4 is 38.5 Å². The fraction of sp³-hybridized carbons (Fsp3) is 0.406. The molecule has 2 aromatic carbocycles. The van der Waals surface area contributed by atoms with Gasteiger partial charge in [0.15, 0.2) is 0 Å². The minimum atomic E-state index is -3.49. The van der Waals surface area contributed by atoms with Crippen molar-refractivity contribution in [3.05, 3.63) is 60.4 Å². The Bertz CT molecular complexity index is 1790.